The molecule has 1 aliphatic rings. The number of halogens is 2. The van der Waals surface area contributed by atoms with Gasteiger partial charge in [0.05, 0.1) is 0 Å². The molecular formula is C24H29ClFN3O2. The number of hydrogen-bond donors (Lipinski definition) is 2. The van der Waals surface area contributed by atoms with Gasteiger partial charge < -0.3 is 10.6 Å². The molecule has 1 atom stereocenters. The van der Waals surface area contributed by atoms with Crippen molar-refractivity contribution in [2.75, 3.05) is 13.1 Å². The molecule has 0 saturated carbocycles. The Morgan fingerprint density at radius 2 is 1.68 bits per heavy atom. The Morgan fingerprint density at radius 1 is 1.06 bits per heavy atom. The SMILES string of the molecule is CC(C)C(NC(=O)c1ccc(Cl)cc1)C(=O)NC1CCN(Cc2ccc(F)cc2)CC1. The Hall–Kier alpha value is -2.44. The zero-order chi connectivity index (χ0) is 22.4. The first-order chi connectivity index (χ1) is 14.8. The van der Waals surface area contributed by atoms with Gasteiger partial charge in [0.25, 0.3) is 5.91 Å². The molecule has 0 radical (unpaired) electrons. The minimum Gasteiger partial charge on any atom is -0.351 e. The van der Waals surface area contributed by atoms with Crippen molar-refractivity contribution in [3.8, 4) is 0 Å². The summed E-state index contributed by atoms with van der Waals surface area (Å²) in [6.07, 6.45) is 1.67. The van der Waals surface area contributed by atoms with E-state index in [-0.39, 0.29) is 29.6 Å². The van der Waals surface area contributed by atoms with Gasteiger partial charge in [0.1, 0.15) is 11.9 Å². The Kier molecular flexibility index (Phi) is 8.04. The normalized spacial score (nSPS) is 16.2. The van der Waals surface area contributed by atoms with E-state index in [1.165, 1.54) is 12.1 Å². The van der Waals surface area contributed by atoms with Crippen LogP contribution in [0.15, 0.2) is 48.5 Å². The first-order valence-corrected chi connectivity index (χ1v) is 11.0. The van der Waals surface area contributed by atoms with E-state index in [2.05, 4.69) is 15.5 Å². The summed E-state index contributed by atoms with van der Waals surface area (Å²) in [7, 11) is 0. The molecule has 1 heterocycles. The summed E-state index contributed by atoms with van der Waals surface area (Å²) < 4.78 is 13.1. The molecule has 2 aromatic carbocycles. The number of carbonyl (C=O) groups excluding carboxylic acids is 2. The maximum atomic E-state index is 13.1. The van der Waals surface area contributed by atoms with Crippen molar-refractivity contribution in [3.05, 3.63) is 70.5 Å². The third kappa shape index (κ3) is 6.77. The van der Waals surface area contributed by atoms with E-state index in [1.807, 2.05) is 13.8 Å². The van der Waals surface area contributed by atoms with Crippen molar-refractivity contribution in [2.24, 2.45) is 5.92 Å². The highest BCUT2D eigenvalue weighted by Crippen LogP contribution is 2.16. The molecule has 1 saturated heterocycles. The quantitative estimate of drug-likeness (QED) is 0.676. The smallest absolute Gasteiger partial charge is 0.251 e. The zero-order valence-corrected chi connectivity index (χ0v) is 18.7. The van der Waals surface area contributed by atoms with Gasteiger partial charge in [-0.05, 0) is 60.7 Å². The number of hydrogen-bond acceptors (Lipinski definition) is 3. The van der Waals surface area contributed by atoms with Crippen molar-refractivity contribution < 1.29 is 14.0 Å². The second-order valence-corrected chi connectivity index (χ2v) is 8.82. The van der Waals surface area contributed by atoms with Crippen LogP contribution in [0.3, 0.4) is 0 Å². The maximum absolute atomic E-state index is 13.1. The fourth-order valence-corrected chi connectivity index (χ4v) is 3.86. The molecule has 31 heavy (non-hydrogen) atoms. The molecule has 0 spiro atoms. The molecular weight excluding hydrogens is 417 g/mol. The van der Waals surface area contributed by atoms with Crippen molar-refractivity contribution in [1.82, 2.24) is 15.5 Å². The van der Waals surface area contributed by atoms with E-state index < -0.39 is 6.04 Å². The van der Waals surface area contributed by atoms with E-state index in [9.17, 15) is 14.0 Å². The minimum atomic E-state index is -0.611. The monoisotopic (exact) mass is 445 g/mol. The maximum Gasteiger partial charge on any atom is 0.251 e. The highest BCUT2D eigenvalue weighted by Gasteiger charge is 2.28. The van der Waals surface area contributed by atoms with Gasteiger partial charge in [-0.2, -0.15) is 0 Å². The number of amides is 2. The lowest BCUT2D eigenvalue weighted by molar-refractivity contribution is -0.125. The molecule has 0 aliphatic carbocycles. The third-order valence-electron chi connectivity index (χ3n) is 5.60. The van der Waals surface area contributed by atoms with E-state index in [0.717, 1.165) is 38.0 Å². The summed E-state index contributed by atoms with van der Waals surface area (Å²) in [5.41, 5.74) is 1.55. The molecule has 166 valence electrons. The number of nitrogens with zero attached hydrogens (tertiary/aromatic N) is 1. The Balaban J connectivity index is 1.50. The van der Waals surface area contributed by atoms with Gasteiger partial charge in [-0.1, -0.05) is 37.6 Å². The van der Waals surface area contributed by atoms with Gasteiger partial charge in [-0.3, -0.25) is 14.5 Å². The molecule has 2 N–H and O–H groups in total. The molecule has 0 aromatic heterocycles. The van der Waals surface area contributed by atoms with Crippen LogP contribution in [-0.4, -0.2) is 41.9 Å². The Bertz CT molecular complexity index is 879. The van der Waals surface area contributed by atoms with Crippen molar-refractivity contribution >= 4 is 23.4 Å². The number of rotatable bonds is 7. The predicted octanol–water partition coefficient (Wildman–Crippen LogP) is 4.01. The minimum absolute atomic E-state index is 0.0465. The lowest BCUT2D eigenvalue weighted by Crippen LogP contribution is -2.53. The molecule has 1 fully saturated rings. The van der Waals surface area contributed by atoms with E-state index in [1.54, 1.807) is 36.4 Å². The van der Waals surface area contributed by atoms with Crippen LogP contribution in [0.4, 0.5) is 4.39 Å². The molecule has 7 heteroatoms. The number of piperidine rings is 1. The predicted molar refractivity (Wildman–Crippen MR) is 120 cm³/mol. The van der Waals surface area contributed by atoms with Crippen molar-refractivity contribution in [3.63, 3.8) is 0 Å². The molecule has 1 aliphatic heterocycles. The molecule has 2 aromatic rings. The van der Waals surface area contributed by atoms with E-state index >= 15 is 0 Å². The lowest BCUT2D eigenvalue weighted by atomic mass is 10.00. The third-order valence-corrected chi connectivity index (χ3v) is 5.85. The Labute approximate surface area is 188 Å². The first kappa shape index (κ1) is 23.2. The molecule has 3 rings (SSSR count). The van der Waals surface area contributed by atoms with Crippen molar-refractivity contribution in [2.45, 2.75) is 45.3 Å². The number of benzene rings is 2. The highest BCUT2D eigenvalue weighted by molar-refractivity contribution is 6.30. The highest BCUT2D eigenvalue weighted by atomic mass is 35.5. The first-order valence-electron chi connectivity index (χ1n) is 10.7. The lowest BCUT2D eigenvalue weighted by Gasteiger charge is -2.33. The van der Waals surface area contributed by atoms with E-state index in [4.69, 9.17) is 11.6 Å². The average molecular weight is 446 g/mol. The van der Waals surface area contributed by atoms with Crippen LogP contribution >= 0.6 is 11.6 Å². The van der Waals surface area contributed by atoms with Crippen LogP contribution in [0, 0.1) is 11.7 Å². The van der Waals surface area contributed by atoms with Gasteiger partial charge in [-0.15, -0.1) is 0 Å². The van der Waals surface area contributed by atoms with Crippen LogP contribution in [0.5, 0.6) is 0 Å². The summed E-state index contributed by atoms with van der Waals surface area (Å²) in [6.45, 7) is 6.31. The van der Waals surface area contributed by atoms with Gasteiger partial charge in [0.15, 0.2) is 0 Å². The standard InChI is InChI=1S/C24H29ClFN3O2/c1-16(2)22(28-23(30)18-5-7-19(25)8-6-18)24(31)27-21-11-13-29(14-12-21)15-17-3-9-20(26)10-4-17/h3-10,16,21-22H,11-15H2,1-2H3,(H,27,31)(H,28,30). The van der Waals surface area contributed by atoms with E-state index in [0.29, 0.717) is 10.6 Å². The van der Waals surface area contributed by atoms with Crippen LogP contribution in [0.25, 0.3) is 0 Å². The second-order valence-electron chi connectivity index (χ2n) is 8.39. The van der Waals surface area contributed by atoms with Crippen LogP contribution < -0.4 is 10.6 Å². The van der Waals surface area contributed by atoms with Crippen LogP contribution in [0.1, 0.15) is 42.6 Å². The summed E-state index contributed by atoms with van der Waals surface area (Å²) in [5, 5.41) is 6.52. The topological polar surface area (TPSA) is 61.4 Å². The molecule has 2 amide bonds. The van der Waals surface area contributed by atoms with Gasteiger partial charge >= 0.3 is 0 Å². The van der Waals surface area contributed by atoms with Crippen LogP contribution in [0.2, 0.25) is 5.02 Å². The summed E-state index contributed by atoms with van der Waals surface area (Å²) in [4.78, 5) is 27.7. The largest absolute Gasteiger partial charge is 0.351 e. The summed E-state index contributed by atoms with van der Waals surface area (Å²) in [6, 6.07) is 12.6. The number of carbonyl (C=O) groups is 2. The summed E-state index contributed by atoms with van der Waals surface area (Å²) in [5.74, 6) is -0.725. The average Bonchev–Trinajstić information content (AvgIpc) is 2.75. The Morgan fingerprint density at radius 3 is 2.26 bits per heavy atom. The molecule has 0 bridgehead atoms. The fraction of sp³-hybridized carbons (Fsp3) is 0.417. The number of likely N-dealkylation sites (tertiary alicyclic amines) is 1. The molecule has 1 unspecified atom stereocenters. The van der Waals surface area contributed by atoms with Gasteiger partial charge in [0, 0.05) is 36.3 Å². The summed E-state index contributed by atoms with van der Waals surface area (Å²) >= 11 is 5.88. The van der Waals surface area contributed by atoms with Crippen molar-refractivity contribution in [1.29, 1.82) is 0 Å². The number of nitrogens with one attached hydrogen (secondary N) is 2. The van der Waals surface area contributed by atoms with Gasteiger partial charge in [-0.25, -0.2) is 4.39 Å². The van der Waals surface area contributed by atoms with Gasteiger partial charge in [0.2, 0.25) is 5.91 Å². The zero-order valence-electron chi connectivity index (χ0n) is 17.9. The van der Waals surface area contributed by atoms with Crippen LogP contribution in [-0.2, 0) is 11.3 Å². The molecule has 5 nitrogen and oxygen atoms in total. The second kappa shape index (κ2) is 10.7. The fourth-order valence-electron chi connectivity index (χ4n) is 3.74.